The molecule has 0 bridgehead atoms. The fourth-order valence-corrected chi connectivity index (χ4v) is 5.67. The first-order chi connectivity index (χ1) is 18.1. The van der Waals surface area contributed by atoms with E-state index in [2.05, 4.69) is 19.2 Å². The third kappa shape index (κ3) is 6.90. The number of anilines is 1. The predicted octanol–water partition coefficient (Wildman–Crippen LogP) is 5.46. The van der Waals surface area contributed by atoms with Gasteiger partial charge >= 0.3 is 0 Å². The van der Waals surface area contributed by atoms with Gasteiger partial charge in [0.1, 0.15) is 12.3 Å². The summed E-state index contributed by atoms with van der Waals surface area (Å²) in [5.74, 6) is 0.659. The van der Waals surface area contributed by atoms with Crippen LogP contribution in [0.2, 0.25) is 5.02 Å². The van der Waals surface area contributed by atoms with Crippen molar-refractivity contribution in [2.24, 2.45) is 5.92 Å². The van der Waals surface area contributed by atoms with Crippen LogP contribution in [-0.2, 0) is 14.8 Å². The van der Waals surface area contributed by atoms with Crippen molar-refractivity contribution in [3.8, 4) is 17.2 Å². The number of carbonyl (C=O) groups excluding carboxylic acids is 1. The van der Waals surface area contributed by atoms with E-state index in [0.29, 0.717) is 18.1 Å². The molecule has 0 fully saturated rings. The van der Waals surface area contributed by atoms with Crippen molar-refractivity contribution in [3.63, 3.8) is 0 Å². The van der Waals surface area contributed by atoms with E-state index in [1.807, 2.05) is 30.3 Å². The summed E-state index contributed by atoms with van der Waals surface area (Å²) in [6.07, 6.45) is 0.679. The number of sulfonamides is 1. The topological polar surface area (TPSA) is 94.2 Å². The maximum absolute atomic E-state index is 14.0. The summed E-state index contributed by atoms with van der Waals surface area (Å²) in [6, 6.07) is 18.1. The molecule has 3 rings (SSSR count). The molecule has 0 aliphatic carbocycles. The lowest BCUT2D eigenvalue weighted by Crippen LogP contribution is -2.42. The molecule has 3 aromatic rings. The Bertz CT molecular complexity index is 1350. The van der Waals surface area contributed by atoms with E-state index in [1.165, 1.54) is 45.6 Å². The number of amides is 1. The quantitative estimate of drug-likeness (QED) is 0.316. The number of ether oxygens (including phenoxy) is 3. The normalized spacial score (nSPS) is 12.1. The predicted molar refractivity (Wildman–Crippen MR) is 149 cm³/mol. The summed E-state index contributed by atoms with van der Waals surface area (Å²) >= 11 is 6.25. The Balaban J connectivity index is 2.05. The Labute approximate surface area is 229 Å². The largest absolute Gasteiger partial charge is 0.495 e. The van der Waals surface area contributed by atoms with Crippen LogP contribution >= 0.6 is 11.6 Å². The van der Waals surface area contributed by atoms with Crippen LogP contribution in [0.3, 0.4) is 0 Å². The maximum Gasteiger partial charge on any atom is 0.265 e. The Hall–Kier alpha value is -3.43. The van der Waals surface area contributed by atoms with Gasteiger partial charge in [0.2, 0.25) is 5.91 Å². The van der Waals surface area contributed by atoms with Crippen molar-refractivity contribution in [2.75, 3.05) is 32.2 Å². The summed E-state index contributed by atoms with van der Waals surface area (Å²) in [5.41, 5.74) is 1.06. The van der Waals surface area contributed by atoms with Gasteiger partial charge in [-0.05, 0) is 48.2 Å². The lowest BCUT2D eigenvalue weighted by molar-refractivity contribution is -0.120. The molecule has 0 aromatic heterocycles. The zero-order valence-electron chi connectivity index (χ0n) is 22.1. The van der Waals surface area contributed by atoms with Crippen molar-refractivity contribution in [1.82, 2.24) is 5.32 Å². The van der Waals surface area contributed by atoms with E-state index >= 15 is 0 Å². The highest BCUT2D eigenvalue weighted by molar-refractivity contribution is 7.92. The number of halogens is 1. The summed E-state index contributed by atoms with van der Waals surface area (Å²) < 4.78 is 45.0. The average Bonchev–Trinajstić information content (AvgIpc) is 2.91. The third-order valence-corrected chi connectivity index (χ3v) is 7.87. The second-order valence-electron chi connectivity index (χ2n) is 9.00. The molecule has 0 aliphatic rings. The number of carbonyl (C=O) groups is 1. The molecule has 10 heteroatoms. The van der Waals surface area contributed by atoms with Crippen LogP contribution in [0, 0.1) is 5.92 Å². The minimum Gasteiger partial charge on any atom is -0.495 e. The van der Waals surface area contributed by atoms with E-state index in [0.717, 1.165) is 9.87 Å². The Kier molecular flexibility index (Phi) is 9.88. The van der Waals surface area contributed by atoms with Crippen molar-refractivity contribution in [3.05, 3.63) is 77.3 Å². The molecule has 8 nitrogen and oxygen atoms in total. The van der Waals surface area contributed by atoms with Crippen LogP contribution in [0.1, 0.15) is 31.9 Å². The van der Waals surface area contributed by atoms with Gasteiger partial charge in [-0.25, -0.2) is 8.42 Å². The van der Waals surface area contributed by atoms with Crippen LogP contribution in [-0.4, -0.2) is 42.2 Å². The Morgan fingerprint density at radius 3 is 2.13 bits per heavy atom. The maximum atomic E-state index is 14.0. The first kappa shape index (κ1) is 29.1. The van der Waals surface area contributed by atoms with Crippen LogP contribution in [0.25, 0.3) is 0 Å². The second kappa shape index (κ2) is 12.9. The molecule has 1 N–H and O–H groups in total. The molecule has 0 saturated carbocycles. The number of nitrogens with zero attached hydrogens (tertiary/aromatic N) is 1. The first-order valence-electron chi connectivity index (χ1n) is 12.0. The smallest absolute Gasteiger partial charge is 0.265 e. The SMILES string of the molecule is COc1ccc(S(=O)(=O)N(CC(=O)NC(CC(C)C)c2ccccc2)c2cc(Cl)ccc2OC)cc1OC. The molecule has 0 radical (unpaired) electrons. The third-order valence-electron chi connectivity index (χ3n) is 5.88. The molecule has 1 amide bonds. The van der Waals surface area contributed by atoms with E-state index < -0.39 is 22.5 Å². The molecule has 0 heterocycles. The molecule has 3 aromatic carbocycles. The Morgan fingerprint density at radius 1 is 0.895 bits per heavy atom. The van der Waals surface area contributed by atoms with E-state index in [-0.39, 0.29) is 33.1 Å². The highest BCUT2D eigenvalue weighted by Gasteiger charge is 2.31. The molecule has 0 aliphatic heterocycles. The molecular weight excluding hydrogens is 528 g/mol. The minimum absolute atomic E-state index is 0.0910. The van der Waals surface area contributed by atoms with Gasteiger partial charge < -0.3 is 19.5 Å². The first-order valence-corrected chi connectivity index (χ1v) is 13.8. The highest BCUT2D eigenvalue weighted by Crippen LogP contribution is 2.37. The van der Waals surface area contributed by atoms with Gasteiger partial charge in [-0.15, -0.1) is 0 Å². The fourth-order valence-electron chi connectivity index (χ4n) is 4.07. The van der Waals surface area contributed by atoms with Crippen LogP contribution < -0.4 is 23.8 Å². The Morgan fingerprint density at radius 2 is 1.53 bits per heavy atom. The number of hydrogen-bond donors (Lipinski definition) is 1. The fraction of sp³-hybridized carbons (Fsp3) is 0.321. The molecule has 0 spiro atoms. The molecule has 0 saturated heterocycles. The van der Waals surface area contributed by atoms with E-state index in [4.69, 9.17) is 25.8 Å². The van der Waals surface area contributed by atoms with E-state index in [1.54, 1.807) is 12.1 Å². The zero-order chi connectivity index (χ0) is 27.9. The lowest BCUT2D eigenvalue weighted by atomic mass is 9.97. The van der Waals surface area contributed by atoms with Gasteiger partial charge in [-0.3, -0.25) is 9.10 Å². The van der Waals surface area contributed by atoms with Gasteiger partial charge in [0.15, 0.2) is 11.5 Å². The number of benzene rings is 3. The van der Waals surface area contributed by atoms with Crippen molar-refractivity contribution in [1.29, 1.82) is 0 Å². The molecular formula is C28H33ClN2O6S. The van der Waals surface area contributed by atoms with Crippen LogP contribution in [0.5, 0.6) is 17.2 Å². The highest BCUT2D eigenvalue weighted by atomic mass is 35.5. The van der Waals surface area contributed by atoms with Gasteiger partial charge in [-0.1, -0.05) is 55.8 Å². The van der Waals surface area contributed by atoms with Crippen molar-refractivity contribution < 1.29 is 27.4 Å². The number of hydrogen-bond acceptors (Lipinski definition) is 6. The summed E-state index contributed by atoms with van der Waals surface area (Å²) in [7, 11) is 0.0102. The van der Waals surface area contributed by atoms with Gasteiger partial charge in [0.05, 0.1) is 38.0 Å². The van der Waals surface area contributed by atoms with Crippen LogP contribution in [0.15, 0.2) is 71.6 Å². The average molecular weight is 561 g/mol. The van der Waals surface area contributed by atoms with Gasteiger partial charge in [0.25, 0.3) is 10.0 Å². The number of methoxy groups -OCH3 is 3. The summed E-state index contributed by atoms with van der Waals surface area (Å²) in [4.78, 5) is 13.4. The van der Waals surface area contributed by atoms with Crippen molar-refractivity contribution >= 4 is 33.2 Å². The minimum atomic E-state index is -4.28. The standard InChI is InChI=1S/C28H33ClN2O6S/c1-19(2)15-23(20-9-7-6-8-10-20)30-28(32)18-31(24-16-21(29)11-13-25(24)35-3)38(33,34)22-12-14-26(36-4)27(17-22)37-5/h6-14,16-17,19,23H,15,18H2,1-5H3,(H,30,32). The lowest BCUT2D eigenvalue weighted by Gasteiger charge is -2.28. The van der Waals surface area contributed by atoms with Crippen LogP contribution in [0.4, 0.5) is 5.69 Å². The monoisotopic (exact) mass is 560 g/mol. The van der Waals surface area contributed by atoms with E-state index in [9.17, 15) is 13.2 Å². The number of nitrogens with one attached hydrogen (secondary N) is 1. The molecule has 38 heavy (non-hydrogen) atoms. The van der Waals surface area contributed by atoms with Gasteiger partial charge in [-0.2, -0.15) is 0 Å². The summed E-state index contributed by atoms with van der Waals surface area (Å²) in [6.45, 7) is 3.62. The van der Waals surface area contributed by atoms with Crippen molar-refractivity contribution in [2.45, 2.75) is 31.2 Å². The summed E-state index contributed by atoms with van der Waals surface area (Å²) in [5, 5.41) is 3.31. The van der Waals surface area contributed by atoms with Gasteiger partial charge in [0, 0.05) is 11.1 Å². The number of rotatable bonds is 12. The molecule has 1 unspecified atom stereocenters. The zero-order valence-corrected chi connectivity index (χ0v) is 23.7. The molecule has 204 valence electrons. The second-order valence-corrected chi connectivity index (χ2v) is 11.3. The molecule has 1 atom stereocenters.